The van der Waals surface area contributed by atoms with Crippen LogP contribution in [-0.4, -0.2) is 24.6 Å². The summed E-state index contributed by atoms with van der Waals surface area (Å²) in [6.07, 6.45) is 9.40. The highest BCUT2D eigenvalue weighted by atomic mass is 32.1. The Hall–Kier alpha value is -1.56. The van der Waals surface area contributed by atoms with Crippen LogP contribution in [0.1, 0.15) is 79.6 Å². The molecule has 5 nitrogen and oxygen atoms in total. The molecule has 1 heterocycles. The summed E-state index contributed by atoms with van der Waals surface area (Å²) in [5.74, 6) is 0.316. The van der Waals surface area contributed by atoms with Gasteiger partial charge >= 0.3 is 12.0 Å². The van der Waals surface area contributed by atoms with E-state index in [2.05, 4.69) is 17.6 Å². The molecule has 0 aliphatic heterocycles. The fourth-order valence-corrected chi connectivity index (χ4v) is 5.29. The van der Waals surface area contributed by atoms with Gasteiger partial charge in [-0.15, -0.1) is 11.3 Å². The molecular formula is C20H30N2O3S. The number of nitrogens with one attached hydrogen (secondary N) is 2. The Kier molecular flexibility index (Phi) is 6.57. The molecule has 0 aromatic carbocycles. The molecule has 1 aromatic heterocycles. The molecule has 0 radical (unpaired) electrons. The summed E-state index contributed by atoms with van der Waals surface area (Å²) in [6.45, 7) is 4.63. The van der Waals surface area contributed by atoms with Crippen LogP contribution in [0.2, 0.25) is 0 Å². The number of amides is 2. The molecule has 6 heteroatoms. The second-order valence-corrected chi connectivity index (χ2v) is 8.73. The first-order valence-electron chi connectivity index (χ1n) is 9.97. The van der Waals surface area contributed by atoms with Crippen molar-refractivity contribution >= 4 is 28.3 Å². The highest BCUT2D eigenvalue weighted by Gasteiger charge is 2.29. The van der Waals surface area contributed by atoms with Gasteiger partial charge in [-0.3, -0.25) is 5.32 Å². The quantitative estimate of drug-likeness (QED) is 0.717. The van der Waals surface area contributed by atoms with Gasteiger partial charge < -0.3 is 10.1 Å². The number of thiophene rings is 1. The van der Waals surface area contributed by atoms with Crippen LogP contribution in [-0.2, 0) is 17.6 Å². The third-order valence-electron chi connectivity index (χ3n) is 5.32. The summed E-state index contributed by atoms with van der Waals surface area (Å²) in [6, 6.07) is 0.0435. The van der Waals surface area contributed by atoms with Crippen molar-refractivity contribution in [3.8, 4) is 0 Å². The van der Waals surface area contributed by atoms with E-state index in [-0.39, 0.29) is 18.0 Å². The van der Waals surface area contributed by atoms with Crippen molar-refractivity contribution in [2.24, 2.45) is 5.92 Å². The molecule has 1 atom stereocenters. The molecule has 26 heavy (non-hydrogen) atoms. The Morgan fingerprint density at radius 2 is 1.96 bits per heavy atom. The second-order valence-electron chi connectivity index (χ2n) is 7.63. The van der Waals surface area contributed by atoms with E-state index >= 15 is 0 Å². The Bertz CT molecular complexity index is 650. The molecule has 2 aliphatic rings. The average Bonchev–Trinajstić information content (AvgIpc) is 2.97. The molecule has 2 amide bonds. The highest BCUT2D eigenvalue weighted by Crippen LogP contribution is 2.40. The number of esters is 1. The fourth-order valence-electron chi connectivity index (χ4n) is 3.89. The first kappa shape index (κ1) is 19.2. The van der Waals surface area contributed by atoms with Gasteiger partial charge in [0.1, 0.15) is 5.00 Å². The Balaban J connectivity index is 1.76. The molecule has 144 valence electrons. The fraction of sp³-hybridized carbons (Fsp3) is 0.700. The largest absolute Gasteiger partial charge is 0.462 e. The lowest BCUT2D eigenvalue weighted by Gasteiger charge is -2.22. The molecule has 3 rings (SSSR count). The number of rotatable bonds is 5. The maximum absolute atomic E-state index is 12.6. The standard InChI is InChI=1S/C20H30N2O3S/c1-3-11-25-19(23)17-15-10-9-13(2)12-16(15)26-18(17)22-20(24)21-14-7-5-4-6-8-14/h13-14H,3-12H2,1-2H3,(H2,21,22,24). The number of anilines is 1. The van der Waals surface area contributed by atoms with Gasteiger partial charge in [0, 0.05) is 10.9 Å². The first-order chi connectivity index (χ1) is 12.6. The van der Waals surface area contributed by atoms with Gasteiger partial charge in [0.15, 0.2) is 0 Å². The van der Waals surface area contributed by atoms with Crippen molar-refractivity contribution in [2.75, 3.05) is 11.9 Å². The number of hydrogen-bond donors (Lipinski definition) is 2. The van der Waals surface area contributed by atoms with Crippen LogP contribution in [0.15, 0.2) is 0 Å². The molecule has 0 bridgehead atoms. The van der Waals surface area contributed by atoms with E-state index in [9.17, 15) is 9.59 Å². The lowest BCUT2D eigenvalue weighted by Crippen LogP contribution is -2.39. The van der Waals surface area contributed by atoms with Gasteiger partial charge in [0.25, 0.3) is 0 Å². The van der Waals surface area contributed by atoms with Crippen LogP contribution in [0.25, 0.3) is 0 Å². The Labute approximate surface area is 159 Å². The summed E-state index contributed by atoms with van der Waals surface area (Å²) in [7, 11) is 0. The van der Waals surface area contributed by atoms with Crippen LogP contribution < -0.4 is 10.6 Å². The van der Waals surface area contributed by atoms with E-state index < -0.39 is 0 Å². The highest BCUT2D eigenvalue weighted by molar-refractivity contribution is 7.17. The van der Waals surface area contributed by atoms with Gasteiger partial charge in [-0.1, -0.05) is 33.1 Å². The molecule has 1 fully saturated rings. The van der Waals surface area contributed by atoms with Crippen LogP contribution in [0.3, 0.4) is 0 Å². The normalized spacial score (nSPS) is 20.3. The van der Waals surface area contributed by atoms with Gasteiger partial charge in [-0.05, 0) is 50.0 Å². The van der Waals surface area contributed by atoms with Crippen LogP contribution in [0.5, 0.6) is 0 Å². The van der Waals surface area contributed by atoms with Gasteiger partial charge in [-0.2, -0.15) is 0 Å². The molecule has 1 unspecified atom stereocenters. The van der Waals surface area contributed by atoms with Crippen molar-refractivity contribution < 1.29 is 14.3 Å². The summed E-state index contributed by atoms with van der Waals surface area (Å²) in [4.78, 5) is 26.3. The molecule has 2 N–H and O–H groups in total. The summed E-state index contributed by atoms with van der Waals surface area (Å²) < 4.78 is 5.40. The molecule has 1 aromatic rings. The maximum Gasteiger partial charge on any atom is 0.341 e. The monoisotopic (exact) mass is 378 g/mol. The van der Waals surface area contributed by atoms with Crippen molar-refractivity contribution in [1.29, 1.82) is 0 Å². The summed E-state index contributed by atoms with van der Waals surface area (Å²) >= 11 is 1.55. The second kappa shape index (κ2) is 8.89. The van der Waals surface area contributed by atoms with Gasteiger partial charge in [0.05, 0.1) is 12.2 Å². The zero-order valence-corrected chi connectivity index (χ0v) is 16.7. The predicted molar refractivity (Wildman–Crippen MR) is 105 cm³/mol. The van der Waals surface area contributed by atoms with Crippen LogP contribution >= 0.6 is 11.3 Å². The maximum atomic E-state index is 12.6. The lowest BCUT2D eigenvalue weighted by atomic mass is 9.88. The van der Waals surface area contributed by atoms with Gasteiger partial charge in [-0.25, -0.2) is 9.59 Å². The minimum absolute atomic E-state index is 0.201. The van der Waals surface area contributed by atoms with E-state index in [1.54, 1.807) is 11.3 Å². The van der Waals surface area contributed by atoms with E-state index in [4.69, 9.17) is 4.74 Å². The molecule has 2 aliphatic carbocycles. The molecule has 0 saturated heterocycles. The van der Waals surface area contributed by atoms with Crippen molar-refractivity contribution in [3.63, 3.8) is 0 Å². The smallest absolute Gasteiger partial charge is 0.341 e. The van der Waals surface area contributed by atoms with E-state index in [0.717, 1.165) is 44.1 Å². The van der Waals surface area contributed by atoms with E-state index in [0.29, 0.717) is 23.1 Å². The van der Waals surface area contributed by atoms with Crippen LogP contribution in [0, 0.1) is 5.92 Å². The minimum atomic E-state index is -0.299. The minimum Gasteiger partial charge on any atom is -0.462 e. The zero-order chi connectivity index (χ0) is 18.5. The van der Waals surface area contributed by atoms with Crippen LogP contribution in [0.4, 0.5) is 9.80 Å². The number of ether oxygens (including phenoxy) is 1. The SMILES string of the molecule is CCCOC(=O)c1c(NC(=O)NC2CCCCC2)sc2c1CCC(C)C2. The predicted octanol–water partition coefficient (Wildman–Crippen LogP) is 4.89. The number of carbonyl (C=O) groups is 2. The number of urea groups is 1. The Morgan fingerprint density at radius 3 is 2.69 bits per heavy atom. The van der Waals surface area contributed by atoms with E-state index in [1.165, 1.54) is 24.1 Å². The molecule has 1 saturated carbocycles. The number of fused-ring (bicyclic) bond motifs is 1. The number of hydrogen-bond acceptors (Lipinski definition) is 4. The Morgan fingerprint density at radius 1 is 1.19 bits per heavy atom. The number of carbonyl (C=O) groups excluding carboxylic acids is 2. The summed E-state index contributed by atoms with van der Waals surface area (Å²) in [5.41, 5.74) is 1.67. The third kappa shape index (κ3) is 4.58. The third-order valence-corrected chi connectivity index (χ3v) is 6.49. The topological polar surface area (TPSA) is 67.4 Å². The zero-order valence-electron chi connectivity index (χ0n) is 15.9. The van der Waals surface area contributed by atoms with Gasteiger partial charge in [0.2, 0.25) is 0 Å². The van der Waals surface area contributed by atoms with Crippen molar-refractivity contribution in [2.45, 2.75) is 77.7 Å². The van der Waals surface area contributed by atoms with Crippen molar-refractivity contribution in [3.05, 3.63) is 16.0 Å². The average molecular weight is 379 g/mol. The molecular weight excluding hydrogens is 348 g/mol. The van der Waals surface area contributed by atoms with E-state index in [1.807, 2.05) is 6.92 Å². The lowest BCUT2D eigenvalue weighted by molar-refractivity contribution is 0.0505. The summed E-state index contributed by atoms with van der Waals surface area (Å²) in [5, 5.41) is 6.68. The first-order valence-corrected chi connectivity index (χ1v) is 10.8. The molecule has 0 spiro atoms. The van der Waals surface area contributed by atoms with Crippen molar-refractivity contribution in [1.82, 2.24) is 5.32 Å².